The fraction of sp³-hybridized carbons (Fsp3) is 0.0769. The number of aromatic nitrogens is 6. The number of benzene rings is 1. The first-order chi connectivity index (χ1) is 9.86. The summed E-state index contributed by atoms with van der Waals surface area (Å²) in [6, 6.07) is 9.34. The highest BCUT2D eigenvalue weighted by atomic mass is 35.5. The molecule has 0 fully saturated rings. The lowest BCUT2D eigenvalue weighted by Gasteiger charge is -2.01. The van der Waals surface area contributed by atoms with Gasteiger partial charge in [0.2, 0.25) is 17.5 Å². The normalized spacial score (nSPS) is 9.95. The summed E-state index contributed by atoms with van der Waals surface area (Å²) in [5.74, 6) is 1.15. The van der Waals surface area contributed by atoms with E-state index in [4.69, 9.17) is 5.73 Å². The Balaban J connectivity index is 0.00000161. The van der Waals surface area contributed by atoms with Crippen molar-refractivity contribution in [3.8, 4) is 23.0 Å². The quantitative estimate of drug-likeness (QED) is 0.777. The summed E-state index contributed by atoms with van der Waals surface area (Å²) in [5, 5.41) is 16.1. The molecule has 0 aliphatic carbocycles. The first-order valence-corrected chi connectivity index (χ1v) is 6.01. The molecule has 0 atom stereocenters. The third-order valence-electron chi connectivity index (χ3n) is 2.69. The van der Waals surface area contributed by atoms with Gasteiger partial charge in [0.05, 0.1) is 0 Å². The molecule has 0 bridgehead atoms. The minimum Gasteiger partial charge on any atom is -0.326 e. The Bertz CT molecular complexity index is 686. The van der Waals surface area contributed by atoms with Gasteiger partial charge in [0.15, 0.2) is 0 Å². The van der Waals surface area contributed by atoms with E-state index in [0.29, 0.717) is 24.0 Å². The third-order valence-corrected chi connectivity index (χ3v) is 2.69. The lowest BCUT2D eigenvalue weighted by atomic mass is 10.1. The maximum Gasteiger partial charge on any atom is 0.240 e. The Hall–Kier alpha value is -2.51. The Morgan fingerprint density at radius 1 is 0.762 bits per heavy atom. The smallest absolute Gasteiger partial charge is 0.240 e. The molecule has 0 saturated heterocycles. The van der Waals surface area contributed by atoms with Crippen LogP contribution in [0.15, 0.2) is 42.7 Å². The van der Waals surface area contributed by atoms with Crippen molar-refractivity contribution in [2.45, 2.75) is 6.54 Å². The first kappa shape index (κ1) is 14.9. The lowest BCUT2D eigenvalue weighted by molar-refractivity contribution is 0.862. The fourth-order valence-electron chi connectivity index (χ4n) is 1.64. The van der Waals surface area contributed by atoms with Gasteiger partial charge in [-0.3, -0.25) is 0 Å². The Morgan fingerprint density at radius 2 is 1.33 bits per heavy atom. The topological polar surface area (TPSA) is 103 Å². The van der Waals surface area contributed by atoms with Gasteiger partial charge in [-0.05, 0) is 11.6 Å². The molecule has 7 nitrogen and oxygen atoms in total. The van der Waals surface area contributed by atoms with Gasteiger partial charge in [0.1, 0.15) is 0 Å². The summed E-state index contributed by atoms with van der Waals surface area (Å²) in [6.45, 7) is 0.502. The number of halogens is 1. The van der Waals surface area contributed by atoms with Crippen LogP contribution in [0.5, 0.6) is 0 Å². The van der Waals surface area contributed by atoms with Gasteiger partial charge in [0.25, 0.3) is 0 Å². The molecule has 3 aromatic rings. The maximum atomic E-state index is 5.55. The molecule has 2 heterocycles. The van der Waals surface area contributed by atoms with E-state index in [-0.39, 0.29) is 12.4 Å². The Labute approximate surface area is 127 Å². The van der Waals surface area contributed by atoms with E-state index in [2.05, 4.69) is 30.4 Å². The van der Waals surface area contributed by atoms with Crippen molar-refractivity contribution in [1.82, 2.24) is 30.4 Å². The van der Waals surface area contributed by atoms with Gasteiger partial charge in [-0.15, -0.1) is 32.8 Å². The van der Waals surface area contributed by atoms with Gasteiger partial charge in [-0.1, -0.05) is 24.3 Å². The number of nitrogens with zero attached hydrogens (tertiary/aromatic N) is 6. The van der Waals surface area contributed by atoms with Crippen LogP contribution in [-0.2, 0) is 6.54 Å². The molecule has 106 valence electrons. The van der Waals surface area contributed by atoms with Crippen LogP contribution < -0.4 is 5.73 Å². The highest BCUT2D eigenvalue weighted by molar-refractivity contribution is 5.85. The summed E-state index contributed by atoms with van der Waals surface area (Å²) < 4.78 is 0. The summed E-state index contributed by atoms with van der Waals surface area (Å²) in [4.78, 5) is 8.09. The predicted octanol–water partition coefficient (Wildman–Crippen LogP) is 1.27. The minimum absolute atomic E-state index is 0. The van der Waals surface area contributed by atoms with Crippen molar-refractivity contribution in [1.29, 1.82) is 0 Å². The van der Waals surface area contributed by atoms with Gasteiger partial charge >= 0.3 is 0 Å². The molecule has 8 heteroatoms. The highest BCUT2D eigenvalue weighted by Crippen LogP contribution is 2.14. The second kappa shape index (κ2) is 6.78. The Morgan fingerprint density at radius 3 is 1.90 bits per heavy atom. The molecular formula is C13H12ClN7. The average molecular weight is 302 g/mol. The lowest BCUT2D eigenvalue weighted by Crippen LogP contribution is -2.02. The van der Waals surface area contributed by atoms with Gasteiger partial charge < -0.3 is 5.73 Å². The number of hydrogen-bond acceptors (Lipinski definition) is 7. The van der Waals surface area contributed by atoms with Gasteiger partial charge in [0, 0.05) is 24.5 Å². The molecule has 0 radical (unpaired) electrons. The monoisotopic (exact) mass is 301 g/mol. The van der Waals surface area contributed by atoms with Crippen LogP contribution in [0.25, 0.3) is 23.0 Å². The molecular weight excluding hydrogens is 290 g/mol. The SMILES string of the molecule is Cl.NCc1ccc(-c2nnc(-c3ncccn3)nn2)cc1. The fourth-order valence-corrected chi connectivity index (χ4v) is 1.64. The van der Waals surface area contributed by atoms with Gasteiger partial charge in [-0.2, -0.15) is 0 Å². The second-order valence-corrected chi connectivity index (χ2v) is 4.02. The first-order valence-electron chi connectivity index (χ1n) is 6.01. The third kappa shape index (κ3) is 3.33. The molecule has 3 rings (SSSR count). The van der Waals surface area contributed by atoms with E-state index < -0.39 is 0 Å². The van der Waals surface area contributed by atoms with E-state index in [1.807, 2.05) is 24.3 Å². The van der Waals surface area contributed by atoms with E-state index >= 15 is 0 Å². The van der Waals surface area contributed by atoms with E-state index in [1.54, 1.807) is 18.5 Å². The number of rotatable bonds is 3. The molecule has 0 aliphatic heterocycles. The standard InChI is InChI=1S/C13H11N7.ClH/c14-8-9-2-4-10(5-3-9)11-17-19-13(20-18-11)12-15-6-1-7-16-12;/h1-7H,8,14H2;1H. The van der Waals surface area contributed by atoms with Crippen molar-refractivity contribution in [3.63, 3.8) is 0 Å². The highest BCUT2D eigenvalue weighted by Gasteiger charge is 2.07. The molecule has 0 saturated carbocycles. The van der Waals surface area contributed by atoms with E-state index in [1.165, 1.54) is 0 Å². The summed E-state index contributed by atoms with van der Waals surface area (Å²) in [7, 11) is 0. The van der Waals surface area contributed by atoms with Crippen LogP contribution in [0.4, 0.5) is 0 Å². The molecule has 21 heavy (non-hydrogen) atoms. The van der Waals surface area contributed by atoms with Crippen LogP contribution in [0.3, 0.4) is 0 Å². The summed E-state index contributed by atoms with van der Waals surface area (Å²) in [5.41, 5.74) is 7.43. The van der Waals surface area contributed by atoms with Crippen molar-refractivity contribution >= 4 is 12.4 Å². The molecule has 0 amide bonds. The number of nitrogens with two attached hydrogens (primary N) is 1. The zero-order valence-corrected chi connectivity index (χ0v) is 11.7. The molecule has 0 aliphatic rings. The van der Waals surface area contributed by atoms with Gasteiger partial charge in [-0.25, -0.2) is 9.97 Å². The maximum absolute atomic E-state index is 5.55. The zero-order chi connectivity index (χ0) is 13.8. The summed E-state index contributed by atoms with van der Waals surface area (Å²) in [6.07, 6.45) is 3.23. The van der Waals surface area contributed by atoms with Crippen LogP contribution in [0, 0.1) is 0 Å². The van der Waals surface area contributed by atoms with Crippen molar-refractivity contribution in [2.24, 2.45) is 5.73 Å². The van der Waals surface area contributed by atoms with Crippen molar-refractivity contribution < 1.29 is 0 Å². The molecule has 2 aromatic heterocycles. The predicted molar refractivity (Wildman–Crippen MR) is 79.2 cm³/mol. The Kier molecular flexibility index (Phi) is 4.81. The van der Waals surface area contributed by atoms with E-state index in [9.17, 15) is 0 Å². The van der Waals surface area contributed by atoms with Crippen LogP contribution >= 0.6 is 12.4 Å². The van der Waals surface area contributed by atoms with Crippen LogP contribution in [0.2, 0.25) is 0 Å². The molecule has 0 spiro atoms. The largest absolute Gasteiger partial charge is 0.326 e. The molecule has 0 unspecified atom stereocenters. The zero-order valence-electron chi connectivity index (χ0n) is 10.9. The second-order valence-electron chi connectivity index (χ2n) is 4.02. The molecule has 1 aromatic carbocycles. The van der Waals surface area contributed by atoms with Crippen molar-refractivity contribution in [2.75, 3.05) is 0 Å². The van der Waals surface area contributed by atoms with Crippen LogP contribution in [0.1, 0.15) is 5.56 Å². The minimum atomic E-state index is 0. The summed E-state index contributed by atoms with van der Waals surface area (Å²) >= 11 is 0. The van der Waals surface area contributed by atoms with Crippen LogP contribution in [-0.4, -0.2) is 30.4 Å². The molecule has 2 N–H and O–H groups in total. The average Bonchev–Trinajstić information content (AvgIpc) is 2.56. The van der Waals surface area contributed by atoms with Crippen molar-refractivity contribution in [3.05, 3.63) is 48.3 Å². The van der Waals surface area contributed by atoms with E-state index in [0.717, 1.165) is 11.1 Å². The number of hydrogen-bond donors (Lipinski definition) is 1.